The lowest BCUT2D eigenvalue weighted by Gasteiger charge is -2.06. The van der Waals surface area contributed by atoms with Crippen molar-refractivity contribution in [2.75, 3.05) is 0 Å². The molecule has 5 nitrogen and oxygen atoms in total. The van der Waals surface area contributed by atoms with Crippen LogP contribution in [0.2, 0.25) is 0 Å². The van der Waals surface area contributed by atoms with Crippen LogP contribution in [0.4, 0.5) is 13.2 Å². The SMILES string of the molecule is Cc1nc2c(cc1F)c(C(=N)N)nn2Cc1cccc(F)c1F. The van der Waals surface area contributed by atoms with Gasteiger partial charge in [0.25, 0.3) is 0 Å². The molecule has 0 aliphatic carbocycles. The van der Waals surface area contributed by atoms with E-state index in [9.17, 15) is 13.2 Å². The van der Waals surface area contributed by atoms with Crippen LogP contribution in [0.25, 0.3) is 11.0 Å². The van der Waals surface area contributed by atoms with Crippen LogP contribution in [0.5, 0.6) is 0 Å². The quantitative estimate of drug-likeness (QED) is 0.575. The highest BCUT2D eigenvalue weighted by molar-refractivity contribution is 6.04. The van der Waals surface area contributed by atoms with E-state index in [4.69, 9.17) is 11.1 Å². The fourth-order valence-electron chi connectivity index (χ4n) is 2.30. The molecule has 0 bridgehead atoms. The third kappa shape index (κ3) is 2.52. The van der Waals surface area contributed by atoms with Crippen LogP contribution < -0.4 is 5.73 Å². The fourth-order valence-corrected chi connectivity index (χ4v) is 2.30. The molecule has 1 aromatic carbocycles. The molecule has 3 rings (SSSR count). The second-order valence-corrected chi connectivity index (χ2v) is 5.06. The maximum atomic E-state index is 13.8. The van der Waals surface area contributed by atoms with Crippen molar-refractivity contribution in [1.29, 1.82) is 5.41 Å². The highest BCUT2D eigenvalue weighted by atomic mass is 19.2. The van der Waals surface area contributed by atoms with E-state index in [0.717, 1.165) is 6.07 Å². The van der Waals surface area contributed by atoms with Crippen molar-refractivity contribution >= 4 is 16.9 Å². The molecule has 0 aliphatic heterocycles. The fraction of sp³-hybridized carbons (Fsp3) is 0.133. The lowest BCUT2D eigenvalue weighted by atomic mass is 10.2. The lowest BCUT2D eigenvalue weighted by Crippen LogP contribution is -2.13. The maximum absolute atomic E-state index is 13.8. The number of rotatable bonds is 3. The van der Waals surface area contributed by atoms with E-state index in [1.54, 1.807) is 0 Å². The summed E-state index contributed by atoms with van der Waals surface area (Å²) < 4.78 is 42.2. The molecular formula is C15H12F3N5. The second kappa shape index (κ2) is 5.38. The molecule has 23 heavy (non-hydrogen) atoms. The van der Waals surface area contributed by atoms with Crippen molar-refractivity contribution in [3.8, 4) is 0 Å². The number of nitrogens with zero attached hydrogens (tertiary/aromatic N) is 3. The summed E-state index contributed by atoms with van der Waals surface area (Å²) >= 11 is 0. The van der Waals surface area contributed by atoms with Crippen LogP contribution in [0.3, 0.4) is 0 Å². The minimum Gasteiger partial charge on any atom is -0.382 e. The van der Waals surface area contributed by atoms with Gasteiger partial charge >= 0.3 is 0 Å². The number of halogens is 3. The number of pyridine rings is 1. The molecule has 3 N–H and O–H groups in total. The average Bonchev–Trinajstić information content (AvgIpc) is 2.83. The minimum absolute atomic E-state index is 0.0446. The summed E-state index contributed by atoms with van der Waals surface area (Å²) in [6.45, 7) is 1.35. The van der Waals surface area contributed by atoms with Crippen molar-refractivity contribution in [1.82, 2.24) is 14.8 Å². The van der Waals surface area contributed by atoms with Crippen molar-refractivity contribution in [2.24, 2.45) is 5.73 Å². The van der Waals surface area contributed by atoms with Gasteiger partial charge in [-0.25, -0.2) is 22.8 Å². The highest BCUT2D eigenvalue weighted by Gasteiger charge is 2.18. The van der Waals surface area contributed by atoms with Crippen LogP contribution in [0.15, 0.2) is 24.3 Å². The van der Waals surface area contributed by atoms with Crippen LogP contribution in [-0.2, 0) is 6.54 Å². The molecule has 0 aliphatic rings. The van der Waals surface area contributed by atoms with E-state index in [1.165, 1.54) is 29.8 Å². The molecule has 2 heterocycles. The van der Waals surface area contributed by atoms with Gasteiger partial charge < -0.3 is 5.73 Å². The number of nitrogens with two attached hydrogens (primary N) is 1. The van der Waals surface area contributed by atoms with Gasteiger partial charge in [-0.3, -0.25) is 5.41 Å². The number of fused-ring (bicyclic) bond motifs is 1. The van der Waals surface area contributed by atoms with Crippen LogP contribution in [-0.4, -0.2) is 20.6 Å². The molecule has 0 saturated heterocycles. The third-order valence-electron chi connectivity index (χ3n) is 3.46. The molecule has 8 heteroatoms. The normalized spacial score (nSPS) is 11.1. The zero-order chi connectivity index (χ0) is 16.7. The smallest absolute Gasteiger partial charge is 0.163 e. The number of aryl methyl sites for hydroxylation is 1. The first kappa shape index (κ1) is 15.0. The van der Waals surface area contributed by atoms with E-state index in [-0.39, 0.29) is 40.4 Å². The van der Waals surface area contributed by atoms with Crippen molar-refractivity contribution in [3.05, 3.63) is 58.7 Å². The van der Waals surface area contributed by atoms with Gasteiger partial charge in [-0.1, -0.05) is 12.1 Å². The predicted molar refractivity (Wildman–Crippen MR) is 78.7 cm³/mol. The Morgan fingerprint density at radius 2 is 2.00 bits per heavy atom. The number of aromatic nitrogens is 3. The van der Waals surface area contributed by atoms with Gasteiger partial charge in [0, 0.05) is 5.56 Å². The zero-order valence-electron chi connectivity index (χ0n) is 12.1. The molecule has 2 aromatic heterocycles. The molecule has 118 valence electrons. The Hall–Kier alpha value is -2.90. The number of hydrogen-bond acceptors (Lipinski definition) is 3. The summed E-state index contributed by atoms with van der Waals surface area (Å²) in [5.74, 6) is -2.88. The maximum Gasteiger partial charge on any atom is 0.163 e. The lowest BCUT2D eigenvalue weighted by molar-refractivity contribution is 0.492. The Kier molecular flexibility index (Phi) is 3.51. The number of benzene rings is 1. The molecule has 0 atom stereocenters. The minimum atomic E-state index is -0.987. The van der Waals surface area contributed by atoms with Gasteiger partial charge in [0.1, 0.15) is 17.3 Å². The Balaban J connectivity index is 2.19. The van der Waals surface area contributed by atoms with Crippen molar-refractivity contribution in [3.63, 3.8) is 0 Å². The molecule has 0 unspecified atom stereocenters. The Morgan fingerprint density at radius 1 is 1.26 bits per heavy atom. The summed E-state index contributed by atoms with van der Waals surface area (Å²) in [6.07, 6.45) is 0. The second-order valence-electron chi connectivity index (χ2n) is 5.06. The first-order valence-corrected chi connectivity index (χ1v) is 6.69. The summed E-state index contributed by atoms with van der Waals surface area (Å²) in [4.78, 5) is 4.08. The Morgan fingerprint density at radius 3 is 2.70 bits per heavy atom. The number of nitrogen functional groups attached to an aromatic ring is 1. The van der Waals surface area contributed by atoms with Crippen LogP contribution in [0, 0.1) is 29.8 Å². The topological polar surface area (TPSA) is 80.6 Å². The number of nitrogens with one attached hydrogen (secondary N) is 1. The first-order valence-electron chi connectivity index (χ1n) is 6.69. The zero-order valence-corrected chi connectivity index (χ0v) is 12.1. The molecule has 0 saturated carbocycles. The van der Waals surface area contributed by atoms with E-state index < -0.39 is 17.5 Å². The van der Waals surface area contributed by atoms with Gasteiger partial charge in [0.2, 0.25) is 0 Å². The molecule has 3 aromatic rings. The van der Waals surface area contributed by atoms with Gasteiger partial charge in [-0.15, -0.1) is 0 Å². The number of hydrogen-bond donors (Lipinski definition) is 2. The largest absolute Gasteiger partial charge is 0.382 e. The molecular weight excluding hydrogens is 307 g/mol. The first-order chi connectivity index (χ1) is 10.9. The van der Waals surface area contributed by atoms with E-state index in [1.807, 2.05) is 0 Å². The van der Waals surface area contributed by atoms with E-state index in [0.29, 0.717) is 0 Å². The molecule has 0 spiro atoms. The van der Waals surface area contributed by atoms with Crippen LogP contribution in [0.1, 0.15) is 17.0 Å². The number of amidine groups is 1. The van der Waals surface area contributed by atoms with E-state index >= 15 is 0 Å². The summed E-state index contributed by atoms with van der Waals surface area (Å²) in [6, 6.07) is 4.98. The molecule has 0 fully saturated rings. The summed E-state index contributed by atoms with van der Waals surface area (Å²) in [7, 11) is 0. The standard InChI is InChI=1S/C15H12F3N5/c1-7-11(17)5-9-13(14(19)20)22-23(15(9)21-7)6-8-3-2-4-10(16)12(8)18/h2-5H,6H2,1H3,(H3,19,20). The summed E-state index contributed by atoms with van der Waals surface area (Å²) in [5, 5.41) is 11.9. The summed E-state index contributed by atoms with van der Waals surface area (Å²) in [5.41, 5.74) is 5.94. The highest BCUT2D eigenvalue weighted by Crippen LogP contribution is 2.21. The Bertz CT molecular complexity index is 932. The van der Waals surface area contributed by atoms with Gasteiger partial charge in [-0.2, -0.15) is 5.10 Å². The third-order valence-corrected chi connectivity index (χ3v) is 3.46. The van der Waals surface area contributed by atoms with Gasteiger partial charge in [0.15, 0.2) is 17.3 Å². The van der Waals surface area contributed by atoms with Gasteiger partial charge in [-0.05, 0) is 19.1 Å². The van der Waals surface area contributed by atoms with Gasteiger partial charge in [0.05, 0.1) is 17.6 Å². The van der Waals surface area contributed by atoms with Crippen molar-refractivity contribution in [2.45, 2.75) is 13.5 Å². The van der Waals surface area contributed by atoms with Crippen molar-refractivity contribution < 1.29 is 13.2 Å². The molecule has 0 amide bonds. The van der Waals surface area contributed by atoms with E-state index in [2.05, 4.69) is 10.1 Å². The predicted octanol–water partition coefficient (Wildman–Crippen LogP) is 2.49. The molecule has 0 radical (unpaired) electrons. The van der Waals surface area contributed by atoms with Crippen LogP contribution >= 0.6 is 0 Å². The monoisotopic (exact) mass is 319 g/mol. The Labute approximate surface area is 129 Å². The average molecular weight is 319 g/mol.